The van der Waals surface area contributed by atoms with Crippen molar-refractivity contribution in [3.05, 3.63) is 0 Å². The van der Waals surface area contributed by atoms with Gasteiger partial charge in [0, 0.05) is 14.2 Å². The van der Waals surface area contributed by atoms with Crippen LogP contribution in [0.1, 0.15) is 25.7 Å². The zero-order valence-electron chi connectivity index (χ0n) is 26.5. The van der Waals surface area contributed by atoms with E-state index in [4.69, 9.17) is 38.6 Å². The fourth-order valence-electron chi connectivity index (χ4n) is 6.19. The maximum absolute atomic E-state index is 9.99. The zero-order valence-corrected chi connectivity index (χ0v) is 26.5. The van der Waals surface area contributed by atoms with E-state index in [2.05, 4.69) is 0 Å². The van der Waals surface area contributed by atoms with Crippen molar-refractivity contribution < 1.29 is 99.9 Å². The van der Waals surface area contributed by atoms with Crippen LogP contribution in [0, 0.1) is 0 Å². The van der Waals surface area contributed by atoms with Gasteiger partial charge in [-0.1, -0.05) is 0 Å². The lowest BCUT2D eigenvalue weighted by Crippen LogP contribution is -2.60. The first-order valence-corrected chi connectivity index (χ1v) is 15.7. The van der Waals surface area contributed by atoms with E-state index in [0.717, 1.165) is 0 Å². The second-order valence-electron chi connectivity index (χ2n) is 12.4. The van der Waals surface area contributed by atoms with Crippen LogP contribution in [0.25, 0.3) is 0 Å². The molecular formula is C28H52O20. The summed E-state index contributed by atoms with van der Waals surface area (Å²) in [4.78, 5) is 0. The van der Waals surface area contributed by atoms with Crippen molar-refractivity contribution in [2.75, 3.05) is 27.4 Å². The van der Waals surface area contributed by atoms with Crippen LogP contribution in [0.3, 0.4) is 0 Å². The first-order chi connectivity index (χ1) is 22.6. The molecule has 20 atom stereocenters. The van der Waals surface area contributed by atoms with Gasteiger partial charge in [-0.05, 0) is 25.7 Å². The summed E-state index contributed by atoms with van der Waals surface area (Å²) < 4.78 is 31.3. The summed E-state index contributed by atoms with van der Waals surface area (Å²) >= 11 is 0. The summed E-state index contributed by atoms with van der Waals surface area (Å²) in [7, 11) is 2.57. The third-order valence-corrected chi connectivity index (χ3v) is 9.26. The van der Waals surface area contributed by atoms with Gasteiger partial charge in [0.1, 0.15) is 85.5 Å². The van der Waals surface area contributed by atoms with Crippen molar-refractivity contribution >= 4 is 0 Å². The predicted molar refractivity (Wildman–Crippen MR) is 153 cm³/mol. The minimum atomic E-state index is -1.47. The maximum atomic E-state index is 9.99. The van der Waals surface area contributed by atoms with Crippen molar-refractivity contribution in [2.45, 2.75) is 148 Å². The van der Waals surface area contributed by atoms with Gasteiger partial charge < -0.3 is 99.9 Å². The number of ether oxygens (including phenoxy) is 6. The summed E-state index contributed by atoms with van der Waals surface area (Å²) in [5, 5.41) is 136. The average Bonchev–Trinajstić information content (AvgIpc) is 3.08. The third-order valence-electron chi connectivity index (χ3n) is 9.26. The Labute approximate surface area is 275 Å². The molecule has 0 aromatic carbocycles. The molecule has 0 spiro atoms. The molecule has 4 fully saturated rings. The molecule has 0 saturated carbocycles. The van der Waals surface area contributed by atoms with Gasteiger partial charge in [0.05, 0.1) is 37.6 Å². The minimum Gasteiger partial charge on any atom is -0.394 e. The summed E-state index contributed by atoms with van der Waals surface area (Å²) in [6.45, 7) is -1.05. The first-order valence-electron chi connectivity index (χ1n) is 15.7. The van der Waals surface area contributed by atoms with Crippen LogP contribution >= 0.6 is 0 Å². The molecule has 284 valence electrons. The van der Waals surface area contributed by atoms with Gasteiger partial charge in [-0.2, -0.15) is 0 Å². The minimum absolute atomic E-state index is 0.114. The van der Waals surface area contributed by atoms with Crippen LogP contribution in [0.2, 0.25) is 0 Å². The SMILES string of the molecule is CO[C@H]1O[C@H](CCC2O[C@H](CO)[C@@H](O)[C@H](O)[C@H]2O)[C@@H](O)[C@H](O)[C@H]1O.CO[C@H]1O[C@H](CCC2O[C@H](CO)[C@@H](O)[C@H](O)[C@H]2O)[C@@H](O)[C@H](O)[C@H]1O. The number of aliphatic hydroxyl groups excluding tert-OH is 14. The van der Waals surface area contributed by atoms with Crippen LogP contribution in [-0.2, 0) is 28.4 Å². The maximum Gasteiger partial charge on any atom is 0.186 e. The van der Waals surface area contributed by atoms with Crippen molar-refractivity contribution in [1.29, 1.82) is 0 Å². The molecule has 0 radical (unpaired) electrons. The Balaban J connectivity index is 0.000000260. The van der Waals surface area contributed by atoms with Crippen LogP contribution < -0.4 is 0 Å². The molecule has 0 aliphatic carbocycles. The van der Waals surface area contributed by atoms with E-state index < -0.39 is 136 Å². The normalized spacial score (nSPS) is 50.0. The van der Waals surface area contributed by atoms with E-state index in [1.165, 1.54) is 14.2 Å². The molecule has 0 aromatic heterocycles. The standard InChI is InChI=1S/2C14H26O10/c2*1-22-14-13(21)12(20)9(17)6(24-14)3-2-5-8(16)11(19)10(18)7(4-15)23-5/h2*5-21H,2-4H2,1H3/t2*5?,6-,7-,8+,9-,10-,11-,12+,13-,14+/m11/s1. The molecule has 0 amide bonds. The highest BCUT2D eigenvalue weighted by Gasteiger charge is 2.48. The Kier molecular flexibility index (Phi) is 16.1. The summed E-state index contributed by atoms with van der Waals surface area (Å²) in [5.41, 5.74) is 0. The number of aliphatic hydroxyl groups is 14. The molecule has 20 nitrogen and oxygen atoms in total. The van der Waals surface area contributed by atoms with Crippen molar-refractivity contribution in [3.63, 3.8) is 0 Å². The van der Waals surface area contributed by atoms with Crippen molar-refractivity contribution in [2.24, 2.45) is 0 Å². The van der Waals surface area contributed by atoms with Gasteiger partial charge in [0.2, 0.25) is 0 Å². The van der Waals surface area contributed by atoms with E-state index in [-0.39, 0.29) is 25.7 Å². The van der Waals surface area contributed by atoms with Crippen LogP contribution in [-0.4, -0.2) is 221 Å². The Bertz CT molecular complexity index is 784. The molecule has 2 unspecified atom stereocenters. The topological polar surface area (TPSA) is 339 Å². The lowest BCUT2D eigenvalue weighted by atomic mass is 9.90. The van der Waals surface area contributed by atoms with E-state index >= 15 is 0 Å². The largest absolute Gasteiger partial charge is 0.394 e. The number of methoxy groups -OCH3 is 2. The second kappa shape index (κ2) is 18.6. The lowest BCUT2D eigenvalue weighted by molar-refractivity contribution is -0.293. The quantitative estimate of drug-likeness (QED) is 0.100. The van der Waals surface area contributed by atoms with Gasteiger partial charge in [0.25, 0.3) is 0 Å². The molecule has 4 rings (SSSR count). The highest BCUT2D eigenvalue weighted by Crippen LogP contribution is 2.30. The Morgan fingerprint density at radius 1 is 0.333 bits per heavy atom. The highest BCUT2D eigenvalue weighted by molar-refractivity contribution is 4.96. The summed E-state index contributed by atoms with van der Waals surface area (Å²) in [6.07, 6.45) is -24.4. The zero-order chi connectivity index (χ0) is 36.0. The van der Waals surface area contributed by atoms with E-state index in [0.29, 0.717) is 0 Å². The van der Waals surface area contributed by atoms with Gasteiger partial charge in [-0.3, -0.25) is 0 Å². The van der Waals surface area contributed by atoms with Gasteiger partial charge in [-0.15, -0.1) is 0 Å². The van der Waals surface area contributed by atoms with Crippen molar-refractivity contribution in [1.82, 2.24) is 0 Å². The fourth-order valence-corrected chi connectivity index (χ4v) is 6.19. The van der Waals surface area contributed by atoms with E-state index in [1.807, 2.05) is 0 Å². The predicted octanol–water partition coefficient (Wildman–Crippen LogP) is -7.87. The molecule has 0 bridgehead atoms. The monoisotopic (exact) mass is 708 g/mol. The third kappa shape index (κ3) is 9.35. The molecule has 4 aliphatic heterocycles. The average molecular weight is 709 g/mol. The molecule has 14 N–H and O–H groups in total. The Hall–Kier alpha value is -0.800. The summed E-state index contributed by atoms with van der Waals surface area (Å²) in [5.74, 6) is 0. The second-order valence-corrected chi connectivity index (χ2v) is 12.4. The van der Waals surface area contributed by atoms with Gasteiger partial charge >= 0.3 is 0 Å². The smallest absolute Gasteiger partial charge is 0.186 e. The lowest BCUT2D eigenvalue weighted by Gasteiger charge is -2.42. The van der Waals surface area contributed by atoms with Gasteiger partial charge in [-0.25, -0.2) is 0 Å². The number of hydrogen-bond donors (Lipinski definition) is 14. The Morgan fingerprint density at radius 3 is 0.812 bits per heavy atom. The number of rotatable bonds is 10. The molecule has 48 heavy (non-hydrogen) atoms. The van der Waals surface area contributed by atoms with E-state index in [9.17, 15) is 61.3 Å². The first kappa shape index (κ1) is 41.6. The van der Waals surface area contributed by atoms with Crippen LogP contribution in [0.5, 0.6) is 0 Å². The van der Waals surface area contributed by atoms with Crippen molar-refractivity contribution in [3.8, 4) is 0 Å². The molecule has 20 heteroatoms. The molecule has 0 aromatic rings. The molecule has 4 heterocycles. The molecule has 4 aliphatic rings. The highest BCUT2D eigenvalue weighted by atomic mass is 16.7. The van der Waals surface area contributed by atoms with Crippen LogP contribution in [0.15, 0.2) is 0 Å². The fraction of sp³-hybridized carbons (Fsp3) is 1.00. The Morgan fingerprint density at radius 2 is 0.562 bits per heavy atom. The molecular weight excluding hydrogens is 656 g/mol. The number of hydrogen-bond acceptors (Lipinski definition) is 20. The summed E-state index contributed by atoms with van der Waals surface area (Å²) in [6, 6.07) is 0. The van der Waals surface area contributed by atoms with E-state index in [1.54, 1.807) is 0 Å². The van der Waals surface area contributed by atoms with Crippen LogP contribution in [0.4, 0.5) is 0 Å². The molecule has 4 saturated heterocycles. The van der Waals surface area contributed by atoms with Gasteiger partial charge in [0.15, 0.2) is 12.6 Å².